The zero-order chi connectivity index (χ0) is 11.8. The van der Waals surface area contributed by atoms with Gasteiger partial charge in [0.2, 0.25) is 0 Å². The van der Waals surface area contributed by atoms with E-state index in [0.717, 1.165) is 31.0 Å². The van der Waals surface area contributed by atoms with Crippen molar-refractivity contribution in [1.82, 2.24) is 5.32 Å². The van der Waals surface area contributed by atoms with Gasteiger partial charge in [-0.1, -0.05) is 13.3 Å². The van der Waals surface area contributed by atoms with Crippen molar-refractivity contribution in [1.29, 1.82) is 0 Å². The van der Waals surface area contributed by atoms with Gasteiger partial charge in [-0.3, -0.25) is 0 Å². The Morgan fingerprint density at radius 3 is 2.88 bits per heavy atom. The molecule has 16 heavy (non-hydrogen) atoms. The van der Waals surface area contributed by atoms with Crippen LogP contribution in [0.15, 0.2) is 12.1 Å². The molecule has 0 aromatic carbocycles. The van der Waals surface area contributed by atoms with E-state index >= 15 is 0 Å². The van der Waals surface area contributed by atoms with Gasteiger partial charge in [0.15, 0.2) is 5.06 Å². The molecule has 0 bridgehead atoms. The average molecular weight is 243 g/mol. The first-order valence-corrected chi connectivity index (χ1v) is 6.56. The quantitative estimate of drug-likeness (QED) is 0.736. The molecule has 0 fully saturated rings. The summed E-state index contributed by atoms with van der Waals surface area (Å²) in [6.45, 7) is 4.30. The van der Waals surface area contributed by atoms with E-state index < -0.39 is 0 Å². The van der Waals surface area contributed by atoms with Crippen LogP contribution in [0.3, 0.4) is 0 Å². The number of rotatable bonds is 8. The highest BCUT2D eigenvalue weighted by atomic mass is 32.1. The highest BCUT2D eigenvalue weighted by Crippen LogP contribution is 2.23. The molecule has 0 saturated heterocycles. The fraction of sp³-hybridized carbons (Fsp3) is 0.667. The van der Waals surface area contributed by atoms with Crippen LogP contribution in [0.1, 0.15) is 24.6 Å². The van der Waals surface area contributed by atoms with E-state index in [1.807, 2.05) is 6.07 Å². The maximum atomic E-state index is 8.88. The van der Waals surface area contributed by atoms with Gasteiger partial charge in [0.25, 0.3) is 0 Å². The molecule has 0 amide bonds. The van der Waals surface area contributed by atoms with Crippen molar-refractivity contribution in [2.75, 3.05) is 20.3 Å². The molecule has 0 aliphatic heterocycles. The number of methoxy groups -OCH3 is 1. The summed E-state index contributed by atoms with van der Waals surface area (Å²) in [5.74, 6) is 0.576. The first-order valence-electron chi connectivity index (χ1n) is 5.74. The number of aliphatic hydroxyl groups is 1. The fourth-order valence-corrected chi connectivity index (χ4v) is 2.38. The molecule has 1 rings (SSSR count). The Morgan fingerprint density at radius 2 is 2.31 bits per heavy atom. The summed E-state index contributed by atoms with van der Waals surface area (Å²) < 4.78 is 5.14. The van der Waals surface area contributed by atoms with Gasteiger partial charge in [0, 0.05) is 18.0 Å². The van der Waals surface area contributed by atoms with Crippen molar-refractivity contribution in [2.24, 2.45) is 5.92 Å². The Balaban J connectivity index is 2.23. The van der Waals surface area contributed by atoms with Gasteiger partial charge in [0.1, 0.15) is 0 Å². The Morgan fingerprint density at radius 1 is 1.50 bits per heavy atom. The molecule has 1 unspecified atom stereocenters. The van der Waals surface area contributed by atoms with Gasteiger partial charge < -0.3 is 15.2 Å². The van der Waals surface area contributed by atoms with Crippen LogP contribution in [0.5, 0.6) is 5.06 Å². The van der Waals surface area contributed by atoms with Crippen LogP contribution in [-0.4, -0.2) is 25.4 Å². The van der Waals surface area contributed by atoms with E-state index in [1.54, 1.807) is 18.4 Å². The van der Waals surface area contributed by atoms with Crippen LogP contribution in [0.2, 0.25) is 0 Å². The molecule has 1 heterocycles. The van der Waals surface area contributed by atoms with E-state index in [4.69, 9.17) is 9.84 Å². The second-order valence-electron chi connectivity index (χ2n) is 3.84. The second kappa shape index (κ2) is 7.65. The number of ether oxygens (including phenoxy) is 1. The van der Waals surface area contributed by atoms with Crippen LogP contribution in [0.25, 0.3) is 0 Å². The molecule has 1 aromatic heterocycles. The smallest absolute Gasteiger partial charge is 0.173 e. The predicted octanol–water partition coefficient (Wildman–Crippen LogP) is 2.25. The number of thiophene rings is 1. The highest BCUT2D eigenvalue weighted by molar-refractivity contribution is 7.13. The zero-order valence-corrected chi connectivity index (χ0v) is 10.8. The van der Waals surface area contributed by atoms with E-state index in [9.17, 15) is 0 Å². The lowest BCUT2D eigenvalue weighted by Crippen LogP contribution is -2.22. The highest BCUT2D eigenvalue weighted by Gasteiger charge is 2.05. The normalized spacial score (nSPS) is 12.7. The minimum Gasteiger partial charge on any atom is -0.487 e. The van der Waals surface area contributed by atoms with Crippen molar-refractivity contribution in [3.8, 4) is 5.06 Å². The Hall–Kier alpha value is -0.580. The van der Waals surface area contributed by atoms with Crippen molar-refractivity contribution in [2.45, 2.75) is 26.3 Å². The molecular weight excluding hydrogens is 222 g/mol. The number of hydrogen-bond donors (Lipinski definition) is 2. The average Bonchev–Trinajstić information content (AvgIpc) is 2.76. The lowest BCUT2D eigenvalue weighted by atomic mass is 10.0. The lowest BCUT2D eigenvalue weighted by Gasteiger charge is -2.13. The summed E-state index contributed by atoms with van der Waals surface area (Å²) >= 11 is 1.67. The maximum Gasteiger partial charge on any atom is 0.173 e. The number of aliphatic hydroxyl groups excluding tert-OH is 1. The molecule has 0 aliphatic rings. The van der Waals surface area contributed by atoms with Crippen molar-refractivity contribution < 1.29 is 9.84 Å². The first-order chi connectivity index (χ1) is 7.80. The summed E-state index contributed by atoms with van der Waals surface area (Å²) in [5, 5.41) is 13.3. The Bertz CT molecular complexity index is 288. The van der Waals surface area contributed by atoms with Gasteiger partial charge in [-0.2, -0.15) is 0 Å². The summed E-state index contributed by atoms with van der Waals surface area (Å²) in [6, 6.07) is 4.08. The van der Waals surface area contributed by atoms with Crippen molar-refractivity contribution >= 4 is 11.3 Å². The molecule has 92 valence electrons. The molecule has 1 aromatic rings. The molecule has 3 nitrogen and oxygen atoms in total. The molecule has 2 N–H and O–H groups in total. The molecular formula is C12H21NO2S. The maximum absolute atomic E-state index is 8.88. The SMILES string of the molecule is CCC(CCO)CNCc1ccc(OC)s1. The predicted molar refractivity (Wildman–Crippen MR) is 68.1 cm³/mol. The summed E-state index contributed by atoms with van der Waals surface area (Å²) in [6.07, 6.45) is 2.00. The van der Waals surface area contributed by atoms with Gasteiger partial charge >= 0.3 is 0 Å². The molecule has 0 radical (unpaired) electrons. The molecule has 1 atom stereocenters. The second-order valence-corrected chi connectivity index (χ2v) is 4.97. The number of hydrogen-bond acceptors (Lipinski definition) is 4. The monoisotopic (exact) mass is 243 g/mol. The third-order valence-electron chi connectivity index (χ3n) is 2.69. The molecule has 0 saturated carbocycles. The molecule has 4 heteroatoms. The minimum absolute atomic E-state index is 0.285. The van der Waals surface area contributed by atoms with Crippen LogP contribution in [0.4, 0.5) is 0 Å². The third-order valence-corrected chi connectivity index (χ3v) is 3.73. The minimum atomic E-state index is 0.285. The van der Waals surface area contributed by atoms with Gasteiger partial charge in [-0.25, -0.2) is 0 Å². The van der Waals surface area contributed by atoms with Crippen molar-refractivity contribution in [3.63, 3.8) is 0 Å². The Labute approximate surface area is 101 Å². The van der Waals surface area contributed by atoms with Crippen LogP contribution >= 0.6 is 11.3 Å². The Kier molecular flexibility index (Phi) is 6.45. The van der Waals surface area contributed by atoms with Gasteiger partial charge in [-0.15, -0.1) is 11.3 Å². The third kappa shape index (κ3) is 4.51. The van der Waals surface area contributed by atoms with E-state index in [2.05, 4.69) is 18.3 Å². The van der Waals surface area contributed by atoms with E-state index in [0.29, 0.717) is 5.92 Å². The first kappa shape index (κ1) is 13.5. The standard InChI is InChI=1S/C12H21NO2S/c1-3-10(6-7-14)8-13-9-11-4-5-12(15-2)16-11/h4-5,10,13-14H,3,6-9H2,1-2H3. The van der Waals surface area contributed by atoms with Gasteiger partial charge in [-0.05, 0) is 31.0 Å². The van der Waals surface area contributed by atoms with Crippen LogP contribution in [0, 0.1) is 5.92 Å². The zero-order valence-electron chi connectivity index (χ0n) is 10.0. The number of nitrogens with one attached hydrogen (secondary N) is 1. The van der Waals surface area contributed by atoms with Crippen LogP contribution in [-0.2, 0) is 6.54 Å². The van der Waals surface area contributed by atoms with E-state index in [1.165, 1.54) is 4.88 Å². The van der Waals surface area contributed by atoms with Crippen LogP contribution < -0.4 is 10.1 Å². The largest absolute Gasteiger partial charge is 0.487 e. The fourth-order valence-electron chi connectivity index (χ4n) is 1.60. The molecule has 0 spiro atoms. The van der Waals surface area contributed by atoms with Gasteiger partial charge in [0.05, 0.1) is 7.11 Å². The summed E-state index contributed by atoms with van der Waals surface area (Å²) in [4.78, 5) is 1.29. The topological polar surface area (TPSA) is 41.5 Å². The molecule has 0 aliphatic carbocycles. The lowest BCUT2D eigenvalue weighted by molar-refractivity contribution is 0.251. The van der Waals surface area contributed by atoms with E-state index in [-0.39, 0.29) is 6.61 Å². The van der Waals surface area contributed by atoms with Crippen molar-refractivity contribution in [3.05, 3.63) is 17.0 Å². The summed E-state index contributed by atoms with van der Waals surface area (Å²) in [7, 11) is 1.69. The summed E-state index contributed by atoms with van der Waals surface area (Å²) in [5.41, 5.74) is 0.